The minimum atomic E-state index is -1.32. The minimum Gasteiger partial charge on any atom is -0.449 e. The van der Waals surface area contributed by atoms with Gasteiger partial charge in [0.05, 0.1) is 6.04 Å². The Morgan fingerprint density at radius 3 is 2.62 bits per heavy atom. The van der Waals surface area contributed by atoms with Gasteiger partial charge in [0.2, 0.25) is 5.91 Å². The SMILES string of the molecule is CC1(C)Cc2cc(OC(=O)O)ccc2NC1c1ccccc1NC(=O)C1CCC1. The minimum absolute atomic E-state index is 0.000803. The molecule has 1 saturated carbocycles. The van der Waals surface area contributed by atoms with Crippen LogP contribution < -0.4 is 15.4 Å². The Balaban J connectivity index is 1.62. The van der Waals surface area contributed by atoms with Crippen molar-refractivity contribution in [3.8, 4) is 5.75 Å². The topological polar surface area (TPSA) is 87.7 Å². The number of anilines is 2. The molecule has 6 nitrogen and oxygen atoms in total. The van der Waals surface area contributed by atoms with Crippen molar-refractivity contribution in [2.45, 2.75) is 45.6 Å². The van der Waals surface area contributed by atoms with Gasteiger partial charge in [-0.2, -0.15) is 0 Å². The first-order chi connectivity index (χ1) is 13.8. The van der Waals surface area contributed by atoms with Crippen LogP contribution in [0.4, 0.5) is 16.2 Å². The highest BCUT2D eigenvalue weighted by atomic mass is 16.7. The van der Waals surface area contributed by atoms with Crippen LogP contribution in [0.3, 0.4) is 0 Å². The molecule has 29 heavy (non-hydrogen) atoms. The highest BCUT2D eigenvalue weighted by Crippen LogP contribution is 2.47. The summed E-state index contributed by atoms with van der Waals surface area (Å²) in [4.78, 5) is 23.3. The van der Waals surface area contributed by atoms with Crippen molar-refractivity contribution >= 4 is 23.4 Å². The Kier molecular flexibility index (Phi) is 4.94. The fourth-order valence-electron chi connectivity index (χ4n) is 4.23. The number of para-hydroxylation sites is 1. The largest absolute Gasteiger partial charge is 0.511 e. The van der Waals surface area contributed by atoms with Crippen molar-refractivity contribution in [1.82, 2.24) is 0 Å². The van der Waals surface area contributed by atoms with E-state index in [4.69, 9.17) is 9.84 Å². The van der Waals surface area contributed by atoms with E-state index in [0.29, 0.717) is 5.75 Å². The molecule has 0 bridgehead atoms. The Hall–Kier alpha value is -3.02. The summed E-state index contributed by atoms with van der Waals surface area (Å²) in [7, 11) is 0. The Morgan fingerprint density at radius 2 is 1.93 bits per heavy atom. The molecule has 1 heterocycles. The smallest absolute Gasteiger partial charge is 0.449 e. The lowest BCUT2D eigenvalue weighted by molar-refractivity contribution is -0.122. The van der Waals surface area contributed by atoms with Crippen LogP contribution in [0.15, 0.2) is 42.5 Å². The summed E-state index contributed by atoms with van der Waals surface area (Å²) in [5, 5.41) is 15.6. The normalized spacial score (nSPS) is 20.0. The van der Waals surface area contributed by atoms with Crippen LogP contribution in [0.25, 0.3) is 0 Å². The van der Waals surface area contributed by atoms with Crippen LogP contribution in [-0.2, 0) is 11.2 Å². The maximum atomic E-state index is 12.5. The van der Waals surface area contributed by atoms with Gasteiger partial charge in [-0.05, 0) is 60.1 Å². The van der Waals surface area contributed by atoms with E-state index >= 15 is 0 Å². The number of carbonyl (C=O) groups excluding carboxylic acids is 1. The van der Waals surface area contributed by atoms with Crippen molar-refractivity contribution in [2.75, 3.05) is 10.6 Å². The van der Waals surface area contributed by atoms with Gasteiger partial charge in [-0.15, -0.1) is 0 Å². The fourth-order valence-corrected chi connectivity index (χ4v) is 4.23. The zero-order valence-corrected chi connectivity index (χ0v) is 16.7. The molecule has 1 fully saturated rings. The number of nitrogens with one attached hydrogen (secondary N) is 2. The molecule has 0 spiro atoms. The molecule has 1 aliphatic carbocycles. The molecule has 1 unspecified atom stereocenters. The lowest BCUT2D eigenvalue weighted by Gasteiger charge is -2.42. The highest BCUT2D eigenvalue weighted by Gasteiger charge is 2.37. The van der Waals surface area contributed by atoms with Gasteiger partial charge in [-0.3, -0.25) is 4.79 Å². The van der Waals surface area contributed by atoms with Crippen LogP contribution >= 0.6 is 0 Å². The second kappa shape index (κ2) is 7.43. The summed E-state index contributed by atoms with van der Waals surface area (Å²) in [6.45, 7) is 4.34. The fraction of sp³-hybridized carbons (Fsp3) is 0.391. The first-order valence-corrected chi connectivity index (χ1v) is 10.0. The predicted molar refractivity (Wildman–Crippen MR) is 111 cm³/mol. The van der Waals surface area contributed by atoms with Crippen LogP contribution in [-0.4, -0.2) is 17.2 Å². The highest BCUT2D eigenvalue weighted by molar-refractivity contribution is 5.94. The zero-order valence-electron chi connectivity index (χ0n) is 16.7. The van der Waals surface area contributed by atoms with Gasteiger partial charge in [-0.1, -0.05) is 38.5 Å². The van der Waals surface area contributed by atoms with Crippen LogP contribution in [0.5, 0.6) is 5.75 Å². The molecule has 152 valence electrons. The number of fused-ring (bicyclic) bond motifs is 1. The molecule has 1 aliphatic heterocycles. The summed E-state index contributed by atoms with van der Waals surface area (Å²) in [5.74, 6) is 0.553. The first kappa shape index (κ1) is 19.3. The number of amides is 1. The van der Waals surface area contributed by atoms with E-state index in [0.717, 1.165) is 48.2 Å². The number of rotatable bonds is 4. The molecular weight excluding hydrogens is 368 g/mol. The van der Waals surface area contributed by atoms with E-state index in [2.05, 4.69) is 30.5 Å². The number of hydrogen-bond acceptors (Lipinski definition) is 4. The van der Waals surface area contributed by atoms with Gasteiger partial charge in [0, 0.05) is 17.3 Å². The third-order valence-corrected chi connectivity index (χ3v) is 6.01. The Labute approximate surface area is 170 Å². The lowest BCUT2D eigenvalue weighted by atomic mass is 9.72. The Bertz CT molecular complexity index is 950. The number of carboxylic acid groups (broad SMARTS) is 1. The molecular formula is C23H26N2O4. The molecule has 2 aromatic rings. The van der Waals surface area contributed by atoms with Gasteiger partial charge in [0.1, 0.15) is 5.75 Å². The molecule has 3 N–H and O–H groups in total. The summed E-state index contributed by atoms with van der Waals surface area (Å²) < 4.78 is 4.80. The number of ether oxygens (including phenoxy) is 1. The van der Waals surface area contributed by atoms with E-state index in [1.54, 1.807) is 12.1 Å². The lowest BCUT2D eigenvalue weighted by Crippen LogP contribution is -2.36. The quantitative estimate of drug-likeness (QED) is 0.489. The van der Waals surface area contributed by atoms with Gasteiger partial charge < -0.3 is 20.5 Å². The van der Waals surface area contributed by atoms with Crippen molar-refractivity contribution in [2.24, 2.45) is 11.3 Å². The third-order valence-electron chi connectivity index (χ3n) is 6.01. The van der Waals surface area contributed by atoms with Crippen LogP contribution in [0, 0.1) is 11.3 Å². The molecule has 6 heteroatoms. The molecule has 0 radical (unpaired) electrons. The first-order valence-electron chi connectivity index (χ1n) is 10.0. The molecule has 0 saturated heterocycles. The average molecular weight is 394 g/mol. The summed E-state index contributed by atoms with van der Waals surface area (Å²) in [6, 6.07) is 13.2. The average Bonchev–Trinajstić information content (AvgIpc) is 2.59. The van der Waals surface area contributed by atoms with E-state index in [-0.39, 0.29) is 23.3 Å². The zero-order chi connectivity index (χ0) is 20.6. The van der Waals surface area contributed by atoms with Crippen molar-refractivity contribution in [1.29, 1.82) is 0 Å². The second-order valence-electron chi connectivity index (χ2n) is 8.63. The molecule has 2 aliphatic rings. The maximum absolute atomic E-state index is 12.5. The van der Waals surface area contributed by atoms with E-state index in [9.17, 15) is 9.59 Å². The summed E-state index contributed by atoms with van der Waals surface area (Å²) in [6.07, 6.45) is 2.50. The van der Waals surface area contributed by atoms with Gasteiger partial charge >= 0.3 is 6.16 Å². The van der Waals surface area contributed by atoms with Gasteiger partial charge in [0.25, 0.3) is 0 Å². The molecule has 1 amide bonds. The summed E-state index contributed by atoms with van der Waals surface area (Å²) in [5.41, 5.74) is 3.71. The van der Waals surface area contributed by atoms with Crippen molar-refractivity contribution in [3.05, 3.63) is 53.6 Å². The maximum Gasteiger partial charge on any atom is 0.511 e. The van der Waals surface area contributed by atoms with Crippen LogP contribution in [0.2, 0.25) is 0 Å². The van der Waals surface area contributed by atoms with E-state index < -0.39 is 6.16 Å². The van der Waals surface area contributed by atoms with Crippen molar-refractivity contribution in [3.63, 3.8) is 0 Å². The van der Waals surface area contributed by atoms with E-state index in [1.807, 2.05) is 24.3 Å². The van der Waals surface area contributed by atoms with Crippen molar-refractivity contribution < 1.29 is 19.4 Å². The van der Waals surface area contributed by atoms with Crippen LogP contribution in [0.1, 0.15) is 50.3 Å². The molecule has 4 rings (SSSR count). The Morgan fingerprint density at radius 1 is 1.17 bits per heavy atom. The second-order valence-corrected chi connectivity index (χ2v) is 8.63. The molecule has 2 aromatic carbocycles. The third kappa shape index (κ3) is 3.92. The van der Waals surface area contributed by atoms with E-state index in [1.165, 1.54) is 0 Å². The molecule has 1 atom stereocenters. The molecule has 0 aromatic heterocycles. The summed E-state index contributed by atoms with van der Waals surface area (Å²) >= 11 is 0. The number of carbonyl (C=O) groups is 2. The standard InChI is InChI=1S/C23H26N2O4/c1-23(2)13-15-12-16(29-22(27)28)10-11-18(15)24-20(23)17-8-3-4-9-19(17)25-21(26)14-6-5-7-14/h3-4,8-12,14,20,24H,5-7,13H2,1-2H3,(H,25,26)(H,27,28). The van der Waals surface area contributed by atoms with Gasteiger partial charge in [0.15, 0.2) is 0 Å². The number of hydrogen-bond donors (Lipinski definition) is 3. The van der Waals surface area contributed by atoms with Gasteiger partial charge in [-0.25, -0.2) is 4.79 Å². The predicted octanol–water partition coefficient (Wildman–Crippen LogP) is 5.22. The monoisotopic (exact) mass is 394 g/mol. The number of benzene rings is 2.